The summed E-state index contributed by atoms with van der Waals surface area (Å²) in [5, 5.41) is 3.71. The molecule has 0 amide bonds. The Labute approximate surface area is 131 Å². The Hall–Kier alpha value is -0.900. The monoisotopic (exact) mass is 302 g/mol. The van der Waals surface area contributed by atoms with Crippen LogP contribution in [0.3, 0.4) is 0 Å². The zero-order valence-electron chi connectivity index (χ0n) is 13.1. The van der Waals surface area contributed by atoms with Gasteiger partial charge in [-0.25, -0.2) is 0 Å². The van der Waals surface area contributed by atoms with Crippen molar-refractivity contribution in [3.05, 3.63) is 35.2 Å². The molecule has 1 unspecified atom stereocenters. The normalized spacial score (nSPS) is 21.3. The molecule has 21 heavy (non-hydrogen) atoms. The van der Waals surface area contributed by atoms with Crippen molar-refractivity contribution in [2.75, 3.05) is 19.6 Å². The van der Waals surface area contributed by atoms with Crippen molar-refractivity contribution >= 4 is 21.4 Å². The first-order chi connectivity index (χ1) is 10.1. The molecule has 0 aliphatic carbocycles. The lowest BCUT2D eigenvalue weighted by molar-refractivity contribution is 0.201. The smallest absolute Gasteiger partial charge is 0.0484 e. The summed E-state index contributed by atoms with van der Waals surface area (Å²) >= 11 is 1.84. The molecule has 0 radical (unpaired) electrons. The van der Waals surface area contributed by atoms with Gasteiger partial charge in [0.25, 0.3) is 0 Å². The largest absolute Gasteiger partial charge is 0.329 e. The molecule has 1 fully saturated rings. The Morgan fingerprint density at radius 1 is 1.24 bits per heavy atom. The summed E-state index contributed by atoms with van der Waals surface area (Å²) in [6.45, 7) is 7.84. The summed E-state index contributed by atoms with van der Waals surface area (Å²) in [7, 11) is 0. The first kappa shape index (κ1) is 15.0. The topological polar surface area (TPSA) is 29.3 Å². The van der Waals surface area contributed by atoms with E-state index in [2.05, 4.69) is 48.4 Å². The lowest BCUT2D eigenvalue weighted by Gasteiger charge is -2.30. The molecule has 2 heterocycles. The summed E-state index contributed by atoms with van der Waals surface area (Å²) in [5.41, 5.74) is 8.07. The van der Waals surface area contributed by atoms with Crippen LogP contribution < -0.4 is 5.73 Å². The van der Waals surface area contributed by atoms with Crippen molar-refractivity contribution in [2.45, 2.75) is 39.2 Å². The van der Waals surface area contributed by atoms with Crippen molar-refractivity contribution in [3.63, 3.8) is 0 Å². The summed E-state index contributed by atoms with van der Waals surface area (Å²) < 4.78 is 1.38. The van der Waals surface area contributed by atoms with Crippen LogP contribution >= 0.6 is 11.3 Å². The predicted molar refractivity (Wildman–Crippen MR) is 92.8 cm³/mol. The molecule has 1 saturated heterocycles. The van der Waals surface area contributed by atoms with E-state index >= 15 is 0 Å². The molecule has 0 spiro atoms. The fourth-order valence-electron chi connectivity index (χ4n) is 3.48. The maximum absolute atomic E-state index is 6.17. The minimum atomic E-state index is 0.370. The second-order valence-corrected chi connectivity index (χ2v) is 7.90. The molecule has 2 aromatic rings. The Morgan fingerprint density at radius 2 is 2.05 bits per heavy atom. The highest BCUT2D eigenvalue weighted by molar-refractivity contribution is 7.17. The van der Waals surface area contributed by atoms with Gasteiger partial charge in [0.1, 0.15) is 0 Å². The number of benzene rings is 1. The summed E-state index contributed by atoms with van der Waals surface area (Å²) in [6.07, 6.45) is 3.88. The molecule has 0 bridgehead atoms. The first-order valence-corrected chi connectivity index (χ1v) is 8.89. The maximum atomic E-state index is 6.17. The van der Waals surface area contributed by atoms with Gasteiger partial charge in [-0.3, -0.25) is 4.90 Å². The van der Waals surface area contributed by atoms with Gasteiger partial charge in [-0.1, -0.05) is 32.0 Å². The Kier molecular flexibility index (Phi) is 4.34. The second-order valence-electron chi connectivity index (χ2n) is 6.99. The molecule has 2 nitrogen and oxygen atoms in total. The van der Waals surface area contributed by atoms with Crippen LogP contribution in [0.4, 0.5) is 0 Å². The van der Waals surface area contributed by atoms with E-state index in [0.717, 1.165) is 0 Å². The molecule has 114 valence electrons. The molecule has 1 aliphatic rings. The molecule has 0 saturated carbocycles. The molecule has 1 aliphatic heterocycles. The van der Waals surface area contributed by atoms with Gasteiger partial charge >= 0.3 is 0 Å². The van der Waals surface area contributed by atoms with Crippen LogP contribution in [0.5, 0.6) is 0 Å². The number of hydrogen-bond acceptors (Lipinski definition) is 3. The number of fused-ring (bicyclic) bond motifs is 1. The van der Waals surface area contributed by atoms with Crippen LogP contribution in [-0.2, 0) is 0 Å². The average molecular weight is 302 g/mol. The van der Waals surface area contributed by atoms with Gasteiger partial charge in [0, 0.05) is 17.3 Å². The van der Waals surface area contributed by atoms with Gasteiger partial charge in [0.05, 0.1) is 0 Å². The van der Waals surface area contributed by atoms with Gasteiger partial charge < -0.3 is 5.73 Å². The van der Waals surface area contributed by atoms with E-state index < -0.39 is 0 Å². The van der Waals surface area contributed by atoms with E-state index in [1.807, 2.05) is 11.3 Å². The van der Waals surface area contributed by atoms with Crippen molar-refractivity contribution in [2.24, 2.45) is 11.1 Å². The number of hydrogen-bond donors (Lipinski definition) is 1. The van der Waals surface area contributed by atoms with Crippen molar-refractivity contribution in [3.8, 4) is 0 Å². The van der Waals surface area contributed by atoms with E-state index in [-0.39, 0.29) is 0 Å². The summed E-state index contributed by atoms with van der Waals surface area (Å²) in [5.74, 6) is 0. The number of rotatable bonds is 3. The third kappa shape index (κ3) is 3.15. The van der Waals surface area contributed by atoms with E-state index in [9.17, 15) is 0 Å². The van der Waals surface area contributed by atoms with Crippen LogP contribution in [0.25, 0.3) is 10.1 Å². The highest BCUT2D eigenvalue weighted by Gasteiger charge is 2.28. The van der Waals surface area contributed by atoms with Gasteiger partial charge in [0.15, 0.2) is 0 Å². The molecule has 3 rings (SSSR count). The molecule has 1 atom stereocenters. The van der Waals surface area contributed by atoms with Crippen LogP contribution in [0, 0.1) is 5.41 Å². The molecule has 1 aromatic carbocycles. The number of likely N-dealkylation sites (tertiary alicyclic amines) is 1. The molecule has 2 N–H and O–H groups in total. The Bertz CT molecular complexity index is 602. The highest BCUT2D eigenvalue weighted by Crippen LogP contribution is 2.36. The van der Waals surface area contributed by atoms with E-state index in [0.29, 0.717) is 18.0 Å². The third-order valence-corrected chi connectivity index (χ3v) is 5.89. The zero-order chi connectivity index (χ0) is 14.9. The van der Waals surface area contributed by atoms with Gasteiger partial charge in [0.2, 0.25) is 0 Å². The lowest BCUT2D eigenvalue weighted by atomic mass is 9.85. The van der Waals surface area contributed by atoms with Crippen LogP contribution in [0.2, 0.25) is 0 Å². The SMILES string of the molecule is CC1(C)CCCN(C(CN)c2csc3ccccc23)CC1. The van der Waals surface area contributed by atoms with Crippen molar-refractivity contribution in [1.29, 1.82) is 0 Å². The van der Waals surface area contributed by atoms with Gasteiger partial charge in [-0.05, 0) is 60.2 Å². The quantitative estimate of drug-likeness (QED) is 0.909. The maximum Gasteiger partial charge on any atom is 0.0484 e. The zero-order valence-corrected chi connectivity index (χ0v) is 14.0. The van der Waals surface area contributed by atoms with Gasteiger partial charge in [-0.2, -0.15) is 0 Å². The molecule has 1 aromatic heterocycles. The van der Waals surface area contributed by atoms with E-state index in [1.54, 1.807) is 0 Å². The summed E-state index contributed by atoms with van der Waals surface area (Å²) in [4.78, 5) is 2.61. The third-order valence-electron chi connectivity index (χ3n) is 4.91. The molecule has 3 heteroatoms. The Balaban J connectivity index is 1.88. The van der Waals surface area contributed by atoms with Gasteiger partial charge in [-0.15, -0.1) is 11.3 Å². The fraction of sp³-hybridized carbons (Fsp3) is 0.556. The van der Waals surface area contributed by atoms with Crippen molar-refractivity contribution in [1.82, 2.24) is 4.90 Å². The van der Waals surface area contributed by atoms with E-state index in [1.165, 1.54) is 48.0 Å². The van der Waals surface area contributed by atoms with E-state index in [4.69, 9.17) is 5.73 Å². The molecular formula is C18H26N2S. The predicted octanol–water partition coefficient (Wildman–Crippen LogP) is 4.41. The highest BCUT2D eigenvalue weighted by atomic mass is 32.1. The van der Waals surface area contributed by atoms with Crippen LogP contribution in [0.15, 0.2) is 29.6 Å². The Morgan fingerprint density at radius 3 is 2.86 bits per heavy atom. The lowest BCUT2D eigenvalue weighted by Crippen LogP contribution is -2.34. The second kappa shape index (κ2) is 6.07. The number of thiophene rings is 1. The summed E-state index contributed by atoms with van der Waals surface area (Å²) in [6, 6.07) is 9.08. The van der Waals surface area contributed by atoms with Crippen LogP contribution in [-0.4, -0.2) is 24.5 Å². The minimum Gasteiger partial charge on any atom is -0.329 e. The van der Waals surface area contributed by atoms with Crippen LogP contribution in [0.1, 0.15) is 44.7 Å². The first-order valence-electron chi connectivity index (χ1n) is 8.01. The number of nitrogens with zero attached hydrogens (tertiary/aromatic N) is 1. The fourth-order valence-corrected chi connectivity index (χ4v) is 4.49. The minimum absolute atomic E-state index is 0.370. The molecular weight excluding hydrogens is 276 g/mol. The standard InChI is InChI=1S/C18H26N2S/c1-18(2)8-5-10-20(11-9-18)16(12-19)15-13-21-17-7-4-3-6-14(15)17/h3-4,6-7,13,16H,5,8-12,19H2,1-2H3. The number of nitrogens with two attached hydrogens (primary N) is 1. The average Bonchev–Trinajstić information content (AvgIpc) is 2.80. The van der Waals surface area contributed by atoms with Crippen molar-refractivity contribution < 1.29 is 0 Å².